The molecular weight excluding hydrogens is 340 g/mol. The fraction of sp³-hybridized carbons (Fsp3) is 0.429. The van der Waals surface area contributed by atoms with Crippen molar-refractivity contribution < 1.29 is 9.59 Å². The zero-order valence-corrected chi connectivity index (χ0v) is 14.4. The molecule has 0 aromatic heterocycles. The lowest BCUT2D eigenvalue weighted by atomic mass is 10.2. The third kappa shape index (κ3) is 5.17. The molecule has 4 nitrogen and oxygen atoms in total. The van der Waals surface area contributed by atoms with Gasteiger partial charge >= 0.3 is 0 Å². The maximum Gasteiger partial charge on any atom is 0.248 e. The van der Waals surface area contributed by atoms with Gasteiger partial charge in [-0.3, -0.25) is 20.4 Å². The number of aryl methyl sites for hydroxylation is 2. The van der Waals surface area contributed by atoms with Gasteiger partial charge in [0.05, 0.1) is 5.75 Å². The minimum Gasteiger partial charge on any atom is -0.273 e. The van der Waals surface area contributed by atoms with Gasteiger partial charge in [0.1, 0.15) is 0 Å². The lowest BCUT2D eigenvalue weighted by Gasteiger charge is -2.10. The molecule has 0 radical (unpaired) electrons. The van der Waals surface area contributed by atoms with Crippen LogP contribution in [0.25, 0.3) is 0 Å². The first kappa shape index (κ1) is 17.0. The summed E-state index contributed by atoms with van der Waals surface area (Å²) >= 11 is 4.93. The van der Waals surface area contributed by atoms with Gasteiger partial charge in [0.25, 0.3) is 0 Å². The first-order chi connectivity index (χ1) is 9.31. The van der Waals surface area contributed by atoms with Crippen LogP contribution in [0.5, 0.6) is 0 Å². The highest BCUT2D eigenvalue weighted by Gasteiger charge is 2.10. The second kappa shape index (κ2) is 7.69. The number of hydrazine groups is 1. The van der Waals surface area contributed by atoms with Gasteiger partial charge in [-0.2, -0.15) is 0 Å². The van der Waals surface area contributed by atoms with E-state index in [1.807, 2.05) is 26.0 Å². The van der Waals surface area contributed by atoms with E-state index in [9.17, 15) is 9.59 Å². The highest BCUT2D eigenvalue weighted by Crippen LogP contribution is 2.28. The number of rotatable bonds is 4. The van der Waals surface area contributed by atoms with Crippen LogP contribution < -0.4 is 10.9 Å². The van der Waals surface area contributed by atoms with Crippen molar-refractivity contribution in [3.63, 3.8) is 0 Å². The van der Waals surface area contributed by atoms with Crippen molar-refractivity contribution in [3.05, 3.63) is 27.7 Å². The van der Waals surface area contributed by atoms with Gasteiger partial charge in [-0.15, -0.1) is 11.8 Å². The van der Waals surface area contributed by atoms with Crippen LogP contribution in [0.1, 0.15) is 25.0 Å². The largest absolute Gasteiger partial charge is 0.273 e. The maximum atomic E-state index is 11.7. The summed E-state index contributed by atoms with van der Waals surface area (Å²) in [7, 11) is 0. The van der Waals surface area contributed by atoms with E-state index in [1.54, 1.807) is 13.8 Å². The Hall–Kier alpha value is -1.01. The van der Waals surface area contributed by atoms with Crippen molar-refractivity contribution in [3.8, 4) is 0 Å². The summed E-state index contributed by atoms with van der Waals surface area (Å²) in [4.78, 5) is 24.0. The third-order valence-electron chi connectivity index (χ3n) is 2.66. The van der Waals surface area contributed by atoms with E-state index >= 15 is 0 Å². The summed E-state index contributed by atoms with van der Waals surface area (Å²) in [6.07, 6.45) is 0. The molecule has 0 bridgehead atoms. The Morgan fingerprint density at radius 3 is 2.45 bits per heavy atom. The van der Waals surface area contributed by atoms with Crippen molar-refractivity contribution in [2.75, 3.05) is 5.75 Å². The molecule has 6 heteroatoms. The van der Waals surface area contributed by atoms with E-state index in [0.29, 0.717) is 0 Å². The van der Waals surface area contributed by atoms with Gasteiger partial charge in [-0.25, -0.2) is 0 Å². The lowest BCUT2D eigenvalue weighted by molar-refractivity contribution is -0.129. The van der Waals surface area contributed by atoms with Gasteiger partial charge in [-0.1, -0.05) is 29.8 Å². The van der Waals surface area contributed by atoms with E-state index in [-0.39, 0.29) is 23.5 Å². The molecule has 0 unspecified atom stereocenters. The van der Waals surface area contributed by atoms with Crippen LogP contribution in [0.15, 0.2) is 21.5 Å². The molecule has 2 amide bonds. The van der Waals surface area contributed by atoms with E-state index in [2.05, 4.69) is 26.8 Å². The average Bonchev–Trinajstić information content (AvgIpc) is 2.38. The van der Waals surface area contributed by atoms with Crippen molar-refractivity contribution in [2.24, 2.45) is 5.92 Å². The Bertz CT molecular complexity index is 518. The smallest absolute Gasteiger partial charge is 0.248 e. The Kier molecular flexibility index (Phi) is 6.55. The summed E-state index contributed by atoms with van der Waals surface area (Å²) in [5.41, 5.74) is 7.05. The number of carbonyl (C=O) groups excluding carboxylic acids is 2. The number of benzene rings is 1. The molecule has 0 saturated carbocycles. The van der Waals surface area contributed by atoms with Gasteiger partial charge < -0.3 is 0 Å². The number of carbonyl (C=O) groups is 2. The second-order valence-electron chi connectivity index (χ2n) is 4.85. The summed E-state index contributed by atoms with van der Waals surface area (Å²) in [6, 6.07) is 4.08. The summed E-state index contributed by atoms with van der Waals surface area (Å²) < 4.78 is 1.06. The van der Waals surface area contributed by atoms with Crippen molar-refractivity contribution >= 4 is 39.5 Å². The lowest BCUT2D eigenvalue weighted by Crippen LogP contribution is -2.44. The van der Waals surface area contributed by atoms with Crippen LogP contribution >= 0.6 is 27.7 Å². The molecule has 2 N–H and O–H groups in total. The molecule has 0 aliphatic rings. The van der Waals surface area contributed by atoms with Crippen LogP contribution in [0, 0.1) is 19.8 Å². The molecule has 1 aromatic rings. The normalized spacial score (nSPS) is 10.5. The molecule has 0 fully saturated rings. The first-order valence-electron chi connectivity index (χ1n) is 6.29. The number of thioether (sulfide) groups is 1. The summed E-state index contributed by atoms with van der Waals surface area (Å²) in [5.74, 6) is -0.303. The molecule has 20 heavy (non-hydrogen) atoms. The number of hydrogen-bond donors (Lipinski definition) is 2. The van der Waals surface area contributed by atoms with E-state index < -0.39 is 0 Å². The van der Waals surface area contributed by atoms with Gasteiger partial charge in [0, 0.05) is 15.3 Å². The Morgan fingerprint density at radius 1 is 1.20 bits per heavy atom. The van der Waals surface area contributed by atoms with Gasteiger partial charge in [-0.05, 0) is 37.1 Å². The van der Waals surface area contributed by atoms with Crippen molar-refractivity contribution in [1.29, 1.82) is 0 Å². The fourth-order valence-corrected chi connectivity index (χ4v) is 2.73. The van der Waals surface area contributed by atoms with Crippen LogP contribution in [-0.4, -0.2) is 17.6 Å². The van der Waals surface area contributed by atoms with E-state index in [4.69, 9.17) is 0 Å². The molecular formula is C14H19BrN2O2S. The zero-order valence-electron chi connectivity index (χ0n) is 12.0. The molecule has 0 heterocycles. The van der Waals surface area contributed by atoms with Crippen molar-refractivity contribution in [1.82, 2.24) is 10.9 Å². The molecule has 0 spiro atoms. The van der Waals surface area contributed by atoms with E-state index in [0.717, 1.165) is 20.5 Å². The van der Waals surface area contributed by atoms with Crippen LogP contribution in [0.2, 0.25) is 0 Å². The third-order valence-corrected chi connectivity index (χ3v) is 4.68. The second-order valence-corrected chi connectivity index (χ2v) is 6.72. The average molecular weight is 359 g/mol. The molecule has 1 aromatic carbocycles. The predicted octanol–water partition coefficient (Wildman–Crippen LogP) is 2.96. The first-order valence-corrected chi connectivity index (χ1v) is 8.07. The molecule has 1 rings (SSSR count). The van der Waals surface area contributed by atoms with Crippen molar-refractivity contribution in [2.45, 2.75) is 32.6 Å². The molecule has 0 atom stereocenters. The van der Waals surface area contributed by atoms with Gasteiger partial charge in [0.2, 0.25) is 11.8 Å². The number of amides is 2. The number of halogens is 1. The highest BCUT2D eigenvalue weighted by atomic mass is 79.9. The highest BCUT2D eigenvalue weighted by molar-refractivity contribution is 9.10. The van der Waals surface area contributed by atoms with Crippen LogP contribution in [-0.2, 0) is 9.59 Å². The Balaban J connectivity index is 2.49. The van der Waals surface area contributed by atoms with Crippen LogP contribution in [0.3, 0.4) is 0 Å². The summed E-state index contributed by atoms with van der Waals surface area (Å²) in [5, 5.41) is 0. The molecule has 110 valence electrons. The van der Waals surface area contributed by atoms with Crippen LogP contribution in [0.4, 0.5) is 0 Å². The zero-order chi connectivity index (χ0) is 15.3. The Labute approximate surface area is 132 Å². The number of nitrogens with one attached hydrogen (secondary N) is 2. The topological polar surface area (TPSA) is 58.2 Å². The fourth-order valence-electron chi connectivity index (χ4n) is 1.37. The number of hydrogen-bond acceptors (Lipinski definition) is 3. The minimum absolute atomic E-state index is 0.153. The quantitative estimate of drug-likeness (QED) is 0.642. The standard InChI is InChI=1S/C14H19BrN2O2S/c1-8(2)14(19)17-16-13(18)7-20-12-6-9(3)11(15)5-10(12)4/h5-6,8H,7H2,1-4H3,(H,16,18)(H,17,19). The maximum absolute atomic E-state index is 11.7. The summed E-state index contributed by atoms with van der Waals surface area (Å²) in [6.45, 7) is 7.55. The molecule has 0 saturated heterocycles. The SMILES string of the molecule is Cc1cc(SCC(=O)NNC(=O)C(C)C)c(C)cc1Br. The molecule has 0 aliphatic carbocycles. The van der Waals surface area contributed by atoms with E-state index in [1.165, 1.54) is 11.8 Å². The van der Waals surface area contributed by atoms with Gasteiger partial charge in [0.15, 0.2) is 0 Å². The predicted molar refractivity (Wildman–Crippen MR) is 85.5 cm³/mol. The monoisotopic (exact) mass is 358 g/mol. The minimum atomic E-state index is -0.219. The Morgan fingerprint density at radius 2 is 1.85 bits per heavy atom. The molecule has 0 aliphatic heterocycles.